The monoisotopic (exact) mass is 698 g/mol. The van der Waals surface area contributed by atoms with Gasteiger partial charge in [-0.1, -0.05) is 12.1 Å². The van der Waals surface area contributed by atoms with Gasteiger partial charge in [-0.2, -0.15) is 16.8 Å². The highest BCUT2D eigenvalue weighted by atomic mass is 32.2. The number of aromatic nitrogens is 4. The lowest BCUT2D eigenvalue weighted by Crippen LogP contribution is -2.08. The Morgan fingerprint density at radius 2 is 0.979 bits per heavy atom. The predicted octanol–water partition coefficient (Wildman–Crippen LogP) is 4.34. The van der Waals surface area contributed by atoms with Crippen LogP contribution in [0.25, 0.3) is 22.1 Å². The summed E-state index contributed by atoms with van der Waals surface area (Å²) in [5.74, 6) is 0. The molecule has 0 saturated heterocycles. The molecule has 6 aromatic rings. The zero-order valence-corrected chi connectivity index (χ0v) is 25.3. The minimum Gasteiger partial charge on any atom is -0.354 e. The molecule has 20 nitrogen and oxygen atoms in total. The van der Waals surface area contributed by atoms with Crippen LogP contribution in [0, 0.1) is 20.2 Å². The molecule has 4 aromatic carbocycles. The van der Waals surface area contributed by atoms with Crippen molar-refractivity contribution in [3.63, 3.8) is 0 Å². The number of aryl methyl sites for hydroxylation is 2. The van der Waals surface area contributed by atoms with Crippen molar-refractivity contribution in [2.75, 3.05) is 10.6 Å². The molecular formula is C26H18N8O12S2. The average Bonchev–Trinajstić information content (AvgIpc) is 3.71. The smallest absolute Gasteiger partial charge is 0.300 e. The molecule has 0 aliphatic carbocycles. The maximum absolute atomic E-state index is 12.4. The topological polar surface area (TPSA) is 297 Å². The molecule has 0 unspecified atom stereocenters. The van der Waals surface area contributed by atoms with E-state index < -0.39 is 39.9 Å². The van der Waals surface area contributed by atoms with Crippen LogP contribution in [-0.2, 0) is 33.1 Å². The number of hydrogen-bond donors (Lipinski definition) is 4. The molecule has 0 bridgehead atoms. The van der Waals surface area contributed by atoms with Crippen molar-refractivity contribution in [2.45, 2.75) is 22.6 Å². The van der Waals surface area contributed by atoms with Gasteiger partial charge in [-0.25, -0.2) is 9.26 Å². The molecule has 0 atom stereocenters. The Hall–Kier alpha value is -6.10. The lowest BCUT2D eigenvalue weighted by Gasteiger charge is -2.14. The summed E-state index contributed by atoms with van der Waals surface area (Å²) in [7, 11) is -9.64. The number of rotatable bonds is 11. The zero-order chi connectivity index (χ0) is 34.4. The third kappa shape index (κ3) is 6.17. The fraction of sp³-hybridized carbons (Fsp3) is 0.0769. The summed E-state index contributed by atoms with van der Waals surface area (Å²) < 4.78 is 78.7. The summed E-state index contributed by atoms with van der Waals surface area (Å²) in [6.45, 7) is 0. The van der Waals surface area contributed by atoms with Gasteiger partial charge in [0, 0.05) is 23.5 Å². The quantitative estimate of drug-likeness (QED) is 0.0830. The molecular weight excluding hydrogens is 680 g/mol. The lowest BCUT2D eigenvalue weighted by molar-refractivity contribution is -0.383. The molecule has 2 heterocycles. The van der Waals surface area contributed by atoms with E-state index in [1.165, 1.54) is 36.4 Å². The molecule has 22 heteroatoms. The van der Waals surface area contributed by atoms with E-state index in [1.54, 1.807) is 0 Å². The minimum absolute atomic E-state index is 0.00643. The Morgan fingerprint density at radius 3 is 1.33 bits per heavy atom. The van der Waals surface area contributed by atoms with E-state index in [1.807, 2.05) is 0 Å². The van der Waals surface area contributed by atoms with Gasteiger partial charge in [-0.3, -0.25) is 29.3 Å². The number of nitrogens with one attached hydrogen (secondary N) is 2. The number of nitro groups is 2. The molecule has 0 aliphatic rings. The van der Waals surface area contributed by atoms with E-state index in [0.717, 1.165) is 24.3 Å². The third-order valence-corrected chi connectivity index (χ3v) is 8.97. The van der Waals surface area contributed by atoms with E-state index in [2.05, 4.69) is 40.5 Å². The van der Waals surface area contributed by atoms with Crippen LogP contribution in [0.5, 0.6) is 0 Å². The maximum atomic E-state index is 12.4. The van der Waals surface area contributed by atoms with Crippen molar-refractivity contribution >= 4 is 76.4 Å². The van der Waals surface area contributed by atoms with Crippen molar-refractivity contribution < 1.29 is 45.0 Å². The number of anilines is 4. The Labute approximate surface area is 267 Å². The highest BCUT2D eigenvalue weighted by molar-refractivity contribution is 7.86. The van der Waals surface area contributed by atoms with Crippen molar-refractivity contribution in [1.29, 1.82) is 0 Å². The number of nitro benzene ring substituents is 2. The summed E-state index contributed by atoms with van der Waals surface area (Å²) in [5.41, 5.74) is -0.204. The highest BCUT2D eigenvalue weighted by Crippen LogP contribution is 2.34. The van der Waals surface area contributed by atoms with Crippen molar-refractivity contribution in [3.05, 3.63) is 92.0 Å². The summed E-state index contributed by atoms with van der Waals surface area (Å²) in [4.78, 5) is 20.2. The van der Waals surface area contributed by atoms with Crippen LogP contribution in [0.2, 0.25) is 0 Å². The number of nitrogens with zero attached hydrogens (tertiary/aromatic N) is 6. The van der Waals surface area contributed by atoms with Gasteiger partial charge in [0.25, 0.3) is 20.2 Å². The van der Waals surface area contributed by atoms with E-state index in [-0.39, 0.29) is 80.2 Å². The molecule has 6 rings (SSSR count). The first-order valence-electron chi connectivity index (χ1n) is 13.2. The number of benzene rings is 4. The van der Waals surface area contributed by atoms with E-state index in [0.29, 0.717) is 0 Å². The van der Waals surface area contributed by atoms with Crippen LogP contribution in [0.1, 0.15) is 11.1 Å². The lowest BCUT2D eigenvalue weighted by atomic mass is 10.0. The van der Waals surface area contributed by atoms with Crippen LogP contribution in [-0.4, -0.2) is 56.4 Å². The van der Waals surface area contributed by atoms with Crippen molar-refractivity contribution in [2.24, 2.45) is 0 Å². The Balaban J connectivity index is 1.27. The molecule has 0 saturated carbocycles. The molecule has 0 radical (unpaired) electrons. The van der Waals surface area contributed by atoms with Crippen LogP contribution in [0.15, 0.2) is 79.7 Å². The fourth-order valence-corrected chi connectivity index (χ4v) is 6.50. The minimum atomic E-state index is -4.82. The first-order chi connectivity index (χ1) is 22.7. The first-order valence-corrected chi connectivity index (χ1v) is 16.1. The second kappa shape index (κ2) is 11.9. The second-order valence-corrected chi connectivity index (χ2v) is 12.8. The van der Waals surface area contributed by atoms with Gasteiger partial charge < -0.3 is 10.6 Å². The van der Waals surface area contributed by atoms with Gasteiger partial charge in [0.1, 0.15) is 0 Å². The Bertz CT molecular complexity index is 2320. The Kier molecular flexibility index (Phi) is 7.92. The average molecular weight is 699 g/mol. The molecule has 0 aliphatic heterocycles. The van der Waals surface area contributed by atoms with Crippen molar-refractivity contribution in [1.82, 2.24) is 20.6 Å². The molecule has 48 heavy (non-hydrogen) atoms. The summed E-state index contributed by atoms with van der Waals surface area (Å²) >= 11 is 0. The van der Waals surface area contributed by atoms with Gasteiger partial charge >= 0.3 is 11.4 Å². The van der Waals surface area contributed by atoms with E-state index in [9.17, 15) is 46.2 Å². The maximum Gasteiger partial charge on any atom is 0.300 e. The second-order valence-electron chi connectivity index (χ2n) is 10.0. The number of fused-ring (bicyclic) bond motifs is 2. The van der Waals surface area contributed by atoms with Gasteiger partial charge in [-0.15, -0.1) is 0 Å². The summed E-state index contributed by atoms with van der Waals surface area (Å²) in [6.07, 6.45) is -0.236. The summed E-state index contributed by atoms with van der Waals surface area (Å²) in [6, 6.07) is 12.8. The third-order valence-electron chi connectivity index (χ3n) is 7.09. The molecule has 246 valence electrons. The standard InChI is InChI=1S/C26H18N8O12S2/c35-33(36)19-9-7-17(23-25(19)31-45-29-23)27-15-5-3-13(21(11-15)47(39,40)41)1-2-14-4-6-16(12-22(14)48(42,43)44)28-18-8-10-20(34(37)38)26-24(18)30-46-32-26/h3-12,27-28H,1-2H2,(H,39,40,41)(H,42,43,44). The molecule has 0 fully saturated rings. The molecule has 0 spiro atoms. The van der Waals surface area contributed by atoms with Gasteiger partial charge in [0.15, 0.2) is 11.0 Å². The number of non-ortho nitro benzene ring substituents is 2. The van der Waals surface area contributed by atoms with Crippen molar-refractivity contribution in [3.8, 4) is 0 Å². The van der Waals surface area contributed by atoms with Gasteiger partial charge in [0.2, 0.25) is 11.0 Å². The van der Waals surface area contributed by atoms with Crippen LogP contribution in [0.4, 0.5) is 34.1 Å². The van der Waals surface area contributed by atoms with Crippen LogP contribution >= 0.6 is 0 Å². The normalized spacial score (nSPS) is 12.0. The van der Waals surface area contributed by atoms with E-state index >= 15 is 0 Å². The fourth-order valence-electron chi connectivity index (χ4n) is 4.94. The Morgan fingerprint density at radius 1 is 0.604 bits per heavy atom. The van der Waals surface area contributed by atoms with Crippen LogP contribution in [0.3, 0.4) is 0 Å². The largest absolute Gasteiger partial charge is 0.354 e. The highest BCUT2D eigenvalue weighted by Gasteiger charge is 2.24. The molecule has 2 aromatic heterocycles. The molecule has 0 amide bonds. The first kappa shape index (κ1) is 31.9. The number of hydrogen-bond acceptors (Lipinski definition) is 16. The predicted molar refractivity (Wildman–Crippen MR) is 163 cm³/mol. The van der Waals surface area contributed by atoms with Gasteiger partial charge in [0.05, 0.1) is 31.0 Å². The van der Waals surface area contributed by atoms with E-state index in [4.69, 9.17) is 0 Å². The summed E-state index contributed by atoms with van der Waals surface area (Å²) in [5, 5.41) is 42.7. The molecule has 4 N–H and O–H groups in total. The SMILES string of the molecule is O=[N+]([O-])c1ccc(Nc2ccc(CCc3ccc(Nc4ccc([N+](=O)[O-])c5nonc45)cc3S(=O)(=O)O)c(S(=O)(=O)O)c2)c2nonc12. The van der Waals surface area contributed by atoms with Gasteiger partial charge in [-0.05, 0) is 81.0 Å². The van der Waals surface area contributed by atoms with Crippen LogP contribution < -0.4 is 10.6 Å². The zero-order valence-electron chi connectivity index (χ0n) is 23.7.